The van der Waals surface area contributed by atoms with Gasteiger partial charge in [-0.2, -0.15) is 4.98 Å². The summed E-state index contributed by atoms with van der Waals surface area (Å²) in [6, 6.07) is 1.20. The van der Waals surface area contributed by atoms with E-state index in [0.717, 1.165) is 12.1 Å². The van der Waals surface area contributed by atoms with Crippen LogP contribution in [0.25, 0.3) is 0 Å². The van der Waals surface area contributed by atoms with Gasteiger partial charge in [-0.05, 0) is 32.6 Å². The van der Waals surface area contributed by atoms with Gasteiger partial charge in [0.1, 0.15) is 6.04 Å². The molecular formula is C14H21N3O3. The van der Waals surface area contributed by atoms with Gasteiger partial charge >= 0.3 is 5.97 Å². The van der Waals surface area contributed by atoms with Crippen LogP contribution in [0.3, 0.4) is 0 Å². The van der Waals surface area contributed by atoms with E-state index >= 15 is 0 Å². The highest BCUT2D eigenvalue weighted by Gasteiger charge is 2.33. The molecule has 2 unspecified atom stereocenters. The number of carboxylic acids is 1. The lowest BCUT2D eigenvalue weighted by Crippen LogP contribution is -2.47. The summed E-state index contributed by atoms with van der Waals surface area (Å²) >= 11 is 0. The highest BCUT2D eigenvalue weighted by atomic mass is 16.5. The molecule has 2 atom stereocenters. The standard InChI is InChI=1S/C14H21N3O3/c1-4-20-12-8-10(3)15-14(16-12)17-6-5-9(2)7-11(17)13(18)19/h8-9,11H,4-7H2,1-3H3,(H,18,19). The van der Waals surface area contributed by atoms with Crippen molar-refractivity contribution in [2.75, 3.05) is 18.1 Å². The molecule has 1 fully saturated rings. The second kappa shape index (κ2) is 6.07. The SMILES string of the molecule is CCOc1cc(C)nc(N2CCC(C)CC2C(=O)O)n1. The minimum atomic E-state index is -0.820. The first-order valence-corrected chi connectivity index (χ1v) is 6.99. The number of rotatable bonds is 4. The van der Waals surface area contributed by atoms with Gasteiger partial charge < -0.3 is 14.7 Å². The fourth-order valence-electron chi connectivity index (χ4n) is 2.49. The van der Waals surface area contributed by atoms with E-state index in [4.69, 9.17) is 4.74 Å². The maximum absolute atomic E-state index is 11.5. The Bertz CT molecular complexity index is 493. The molecule has 1 aromatic heterocycles. The molecule has 1 aromatic rings. The number of ether oxygens (including phenoxy) is 1. The molecule has 0 aromatic carbocycles. The zero-order chi connectivity index (χ0) is 14.7. The van der Waals surface area contributed by atoms with E-state index in [1.54, 1.807) is 11.0 Å². The van der Waals surface area contributed by atoms with E-state index in [1.807, 2.05) is 13.8 Å². The van der Waals surface area contributed by atoms with Crippen molar-refractivity contribution in [2.45, 2.75) is 39.7 Å². The van der Waals surface area contributed by atoms with Crippen molar-refractivity contribution in [1.82, 2.24) is 9.97 Å². The van der Waals surface area contributed by atoms with E-state index in [1.165, 1.54) is 0 Å². The normalized spacial score (nSPS) is 22.6. The van der Waals surface area contributed by atoms with Crippen LogP contribution < -0.4 is 9.64 Å². The number of carbonyl (C=O) groups is 1. The summed E-state index contributed by atoms with van der Waals surface area (Å²) in [6.07, 6.45) is 1.57. The number of aromatic nitrogens is 2. The minimum Gasteiger partial charge on any atom is -0.480 e. The van der Waals surface area contributed by atoms with Gasteiger partial charge in [0.05, 0.1) is 6.61 Å². The van der Waals surface area contributed by atoms with Crippen molar-refractivity contribution in [3.05, 3.63) is 11.8 Å². The Hall–Kier alpha value is -1.85. The molecule has 0 radical (unpaired) electrons. The Kier molecular flexibility index (Phi) is 4.42. The van der Waals surface area contributed by atoms with E-state index in [2.05, 4.69) is 16.9 Å². The van der Waals surface area contributed by atoms with Crippen LogP contribution in [0.1, 0.15) is 32.4 Å². The lowest BCUT2D eigenvalue weighted by molar-refractivity contribution is -0.139. The summed E-state index contributed by atoms with van der Waals surface area (Å²) in [5, 5.41) is 9.40. The molecule has 1 saturated heterocycles. The topological polar surface area (TPSA) is 75.5 Å². The van der Waals surface area contributed by atoms with Crippen molar-refractivity contribution in [1.29, 1.82) is 0 Å². The van der Waals surface area contributed by atoms with Crippen LogP contribution in [0, 0.1) is 12.8 Å². The summed E-state index contributed by atoms with van der Waals surface area (Å²) in [4.78, 5) is 21.9. The van der Waals surface area contributed by atoms with Crippen molar-refractivity contribution in [3.8, 4) is 5.88 Å². The number of hydrogen-bond donors (Lipinski definition) is 1. The van der Waals surface area contributed by atoms with Crippen LogP contribution in [0.2, 0.25) is 0 Å². The van der Waals surface area contributed by atoms with Gasteiger partial charge in [-0.3, -0.25) is 0 Å². The number of anilines is 1. The largest absolute Gasteiger partial charge is 0.480 e. The van der Waals surface area contributed by atoms with Gasteiger partial charge in [-0.15, -0.1) is 0 Å². The van der Waals surface area contributed by atoms with Crippen molar-refractivity contribution < 1.29 is 14.6 Å². The van der Waals surface area contributed by atoms with Gasteiger partial charge in [0.15, 0.2) is 0 Å². The van der Waals surface area contributed by atoms with E-state index in [9.17, 15) is 9.90 Å². The van der Waals surface area contributed by atoms with Gasteiger partial charge in [0.2, 0.25) is 11.8 Å². The quantitative estimate of drug-likeness (QED) is 0.907. The number of nitrogens with zero attached hydrogens (tertiary/aromatic N) is 3. The van der Waals surface area contributed by atoms with Gasteiger partial charge in [0, 0.05) is 18.3 Å². The maximum Gasteiger partial charge on any atom is 0.326 e. The van der Waals surface area contributed by atoms with Gasteiger partial charge in [-0.25, -0.2) is 9.78 Å². The number of piperidine rings is 1. The summed E-state index contributed by atoms with van der Waals surface area (Å²) in [5.41, 5.74) is 0.779. The predicted octanol–water partition coefficient (Wildman–Crippen LogP) is 1.87. The average Bonchev–Trinajstić information content (AvgIpc) is 2.38. The second-order valence-corrected chi connectivity index (χ2v) is 5.26. The maximum atomic E-state index is 11.5. The molecule has 6 heteroatoms. The van der Waals surface area contributed by atoms with Crippen LogP contribution in [0.5, 0.6) is 5.88 Å². The van der Waals surface area contributed by atoms with Crippen LogP contribution in [-0.4, -0.2) is 40.2 Å². The summed E-state index contributed by atoms with van der Waals surface area (Å²) in [5.74, 6) is 0.536. The first-order chi connectivity index (χ1) is 9.51. The highest BCUT2D eigenvalue weighted by Crippen LogP contribution is 2.27. The van der Waals surface area contributed by atoms with Crippen LogP contribution in [0.4, 0.5) is 5.95 Å². The fraction of sp³-hybridized carbons (Fsp3) is 0.643. The van der Waals surface area contributed by atoms with Crippen molar-refractivity contribution >= 4 is 11.9 Å². The Morgan fingerprint density at radius 3 is 2.95 bits per heavy atom. The number of carboxylic acid groups (broad SMARTS) is 1. The Morgan fingerprint density at radius 2 is 2.30 bits per heavy atom. The van der Waals surface area contributed by atoms with Crippen LogP contribution >= 0.6 is 0 Å². The molecule has 110 valence electrons. The number of aliphatic carboxylic acids is 1. The smallest absolute Gasteiger partial charge is 0.326 e. The zero-order valence-electron chi connectivity index (χ0n) is 12.2. The first-order valence-electron chi connectivity index (χ1n) is 6.99. The van der Waals surface area contributed by atoms with Gasteiger partial charge in [-0.1, -0.05) is 6.92 Å². The third kappa shape index (κ3) is 3.18. The second-order valence-electron chi connectivity index (χ2n) is 5.26. The Balaban J connectivity index is 2.30. The van der Waals surface area contributed by atoms with Crippen LogP contribution in [0.15, 0.2) is 6.07 Å². The molecule has 0 aliphatic carbocycles. The third-order valence-corrected chi connectivity index (χ3v) is 3.52. The monoisotopic (exact) mass is 279 g/mol. The Labute approximate surface area is 118 Å². The minimum absolute atomic E-state index is 0.406. The van der Waals surface area contributed by atoms with E-state index < -0.39 is 12.0 Å². The number of aryl methyl sites for hydroxylation is 1. The lowest BCUT2D eigenvalue weighted by atomic mass is 9.93. The summed E-state index contributed by atoms with van der Waals surface area (Å²) in [6.45, 7) is 7.01. The van der Waals surface area contributed by atoms with E-state index in [-0.39, 0.29) is 0 Å². The van der Waals surface area contributed by atoms with E-state index in [0.29, 0.717) is 37.3 Å². The molecule has 2 heterocycles. The molecular weight excluding hydrogens is 258 g/mol. The molecule has 0 bridgehead atoms. The van der Waals surface area contributed by atoms with Crippen molar-refractivity contribution in [2.24, 2.45) is 5.92 Å². The number of hydrogen-bond acceptors (Lipinski definition) is 5. The first kappa shape index (κ1) is 14.6. The molecule has 20 heavy (non-hydrogen) atoms. The molecule has 0 amide bonds. The molecule has 0 spiro atoms. The Morgan fingerprint density at radius 1 is 1.55 bits per heavy atom. The van der Waals surface area contributed by atoms with Crippen molar-refractivity contribution in [3.63, 3.8) is 0 Å². The average molecular weight is 279 g/mol. The van der Waals surface area contributed by atoms with Crippen LogP contribution in [-0.2, 0) is 4.79 Å². The summed E-state index contributed by atoms with van der Waals surface area (Å²) < 4.78 is 5.41. The molecule has 0 saturated carbocycles. The fourth-order valence-corrected chi connectivity index (χ4v) is 2.49. The molecule has 6 nitrogen and oxygen atoms in total. The zero-order valence-corrected chi connectivity index (χ0v) is 12.2. The summed E-state index contributed by atoms with van der Waals surface area (Å²) in [7, 11) is 0. The molecule has 1 aliphatic rings. The molecule has 1 N–H and O–H groups in total. The van der Waals surface area contributed by atoms with Gasteiger partial charge in [0.25, 0.3) is 0 Å². The third-order valence-electron chi connectivity index (χ3n) is 3.52. The molecule has 2 rings (SSSR count). The lowest BCUT2D eigenvalue weighted by Gasteiger charge is -2.36. The predicted molar refractivity (Wildman–Crippen MR) is 75.1 cm³/mol. The molecule has 1 aliphatic heterocycles. The highest BCUT2D eigenvalue weighted by molar-refractivity contribution is 5.77.